The molecule has 4 aliphatic heterocycles. The van der Waals surface area contributed by atoms with Gasteiger partial charge in [-0.3, -0.25) is 0 Å². The number of carbonyl (C=O) groups excluding carboxylic acids is 1. The Morgan fingerprint density at radius 1 is 1.18 bits per heavy atom. The minimum Gasteiger partial charge on any atom is -0.458 e. The first-order chi connectivity index (χ1) is 13.2. The maximum atomic E-state index is 12.1. The predicted octanol–water partition coefficient (Wildman–Crippen LogP) is 0.466. The molecule has 7 aliphatic rings. The summed E-state index contributed by atoms with van der Waals surface area (Å²) in [5.74, 6) is -0.0269. The van der Waals surface area contributed by atoms with Crippen molar-refractivity contribution in [2.75, 3.05) is 13.2 Å². The largest absolute Gasteiger partial charge is 0.458 e. The molecular weight excluding hydrogens is 364 g/mol. The zero-order chi connectivity index (χ0) is 19.5. The fourth-order valence-corrected chi connectivity index (χ4v) is 8.32. The standard InChI is InChI=1S/C21H26O7/c1-9(2)19-14(27-19)15-21(28-15)17(3)5-4-10-11(7-25-16(10)23)12(17)6-13-20(21,26-13)18(19,24)8-22/h9,12-15,22,24H,4-8H2,1-3H3/t12-,13-,14-,15-,17-,18-,19-,20+,21+/m0/s1. The topological polar surface area (TPSA) is 104 Å². The van der Waals surface area contributed by atoms with Crippen molar-refractivity contribution in [2.45, 2.75) is 80.7 Å². The highest BCUT2D eigenvalue weighted by atomic mass is 16.8. The van der Waals surface area contributed by atoms with Gasteiger partial charge < -0.3 is 29.2 Å². The molecule has 0 unspecified atom stereocenters. The molecule has 2 saturated carbocycles. The van der Waals surface area contributed by atoms with Gasteiger partial charge >= 0.3 is 5.97 Å². The molecular formula is C21H26O7. The van der Waals surface area contributed by atoms with Crippen LogP contribution in [0.25, 0.3) is 0 Å². The Labute approximate surface area is 163 Å². The Bertz CT molecular complexity index is 882. The van der Waals surface area contributed by atoms with Crippen LogP contribution >= 0.6 is 0 Å². The molecule has 2 spiro atoms. The van der Waals surface area contributed by atoms with E-state index in [2.05, 4.69) is 6.92 Å². The van der Waals surface area contributed by atoms with Gasteiger partial charge in [-0.25, -0.2) is 4.79 Å². The van der Waals surface area contributed by atoms with E-state index in [-0.39, 0.29) is 41.5 Å². The predicted molar refractivity (Wildman–Crippen MR) is 93.1 cm³/mol. The quantitative estimate of drug-likeness (QED) is 0.522. The fraction of sp³-hybridized carbons (Fsp3) is 0.857. The molecule has 0 bridgehead atoms. The van der Waals surface area contributed by atoms with Gasteiger partial charge in [0.25, 0.3) is 0 Å². The molecule has 3 aliphatic carbocycles. The van der Waals surface area contributed by atoms with E-state index >= 15 is 0 Å². The van der Waals surface area contributed by atoms with Gasteiger partial charge in [-0.05, 0) is 36.7 Å². The SMILES string of the molecule is CC(C)[C@]12O[C@H]1[C@@H]1O[C@]13[C@]1(O[C@H]1C[C@H]1C4=C(CC[C@@]13C)C(=O)OC4)[C@]2(O)CO. The fourth-order valence-electron chi connectivity index (χ4n) is 8.32. The number of aliphatic hydroxyl groups excluding tert-OH is 1. The van der Waals surface area contributed by atoms with Gasteiger partial charge in [-0.1, -0.05) is 20.8 Å². The summed E-state index contributed by atoms with van der Waals surface area (Å²) in [5.41, 5.74) is -2.32. The second-order valence-corrected chi connectivity index (χ2v) is 10.4. The molecule has 0 aromatic heterocycles. The highest BCUT2D eigenvalue weighted by molar-refractivity contribution is 5.92. The molecule has 7 heteroatoms. The number of aliphatic hydroxyl groups is 2. The van der Waals surface area contributed by atoms with Crippen LogP contribution in [0.15, 0.2) is 11.1 Å². The third kappa shape index (κ3) is 1.24. The van der Waals surface area contributed by atoms with E-state index in [9.17, 15) is 15.0 Å². The monoisotopic (exact) mass is 390 g/mol. The van der Waals surface area contributed by atoms with Gasteiger partial charge in [0.05, 0.1) is 12.7 Å². The van der Waals surface area contributed by atoms with Crippen LogP contribution in [0, 0.1) is 17.3 Å². The van der Waals surface area contributed by atoms with E-state index in [1.165, 1.54) is 0 Å². The average molecular weight is 390 g/mol. The van der Waals surface area contributed by atoms with Crippen molar-refractivity contribution < 1.29 is 34.0 Å². The smallest absolute Gasteiger partial charge is 0.334 e. The first-order valence-corrected chi connectivity index (χ1v) is 10.5. The van der Waals surface area contributed by atoms with Crippen molar-refractivity contribution in [3.63, 3.8) is 0 Å². The average Bonchev–Trinajstić information content (AvgIpc) is 3.54. The zero-order valence-corrected chi connectivity index (χ0v) is 16.4. The van der Waals surface area contributed by atoms with Gasteiger partial charge in [0.15, 0.2) is 11.2 Å². The zero-order valence-electron chi connectivity index (χ0n) is 16.4. The number of hydrogen-bond donors (Lipinski definition) is 2. The van der Waals surface area contributed by atoms with Gasteiger partial charge in [-0.15, -0.1) is 0 Å². The summed E-state index contributed by atoms with van der Waals surface area (Å²) in [6.07, 6.45) is 1.58. The van der Waals surface area contributed by atoms with Crippen LogP contribution in [-0.2, 0) is 23.7 Å². The first kappa shape index (κ1) is 16.8. The number of carbonyl (C=O) groups is 1. The van der Waals surface area contributed by atoms with E-state index in [0.29, 0.717) is 19.4 Å². The van der Waals surface area contributed by atoms with E-state index in [1.54, 1.807) is 0 Å². The normalized spacial score (nSPS) is 62.1. The van der Waals surface area contributed by atoms with E-state index < -0.39 is 29.0 Å². The highest BCUT2D eigenvalue weighted by Crippen LogP contribution is 2.85. The van der Waals surface area contributed by atoms with Crippen LogP contribution in [0.1, 0.15) is 40.0 Å². The van der Waals surface area contributed by atoms with Crippen molar-refractivity contribution >= 4 is 5.97 Å². The maximum Gasteiger partial charge on any atom is 0.334 e. The van der Waals surface area contributed by atoms with Crippen molar-refractivity contribution in [2.24, 2.45) is 17.3 Å². The van der Waals surface area contributed by atoms with Crippen LogP contribution < -0.4 is 0 Å². The van der Waals surface area contributed by atoms with E-state index in [4.69, 9.17) is 18.9 Å². The van der Waals surface area contributed by atoms with Gasteiger partial charge in [-0.2, -0.15) is 0 Å². The molecule has 0 amide bonds. The van der Waals surface area contributed by atoms with E-state index in [1.807, 2.05) is 13.8 Å². The Kier molecular flexibility index (Phi) is 2.53. The molecule has 0 radical (unpaired) electrons. The first-order valence-electron chi connectivity index (χ1n) is 10.5. The number of ether oxygens (including phenoxy) is 4. The Morgan fingerprint density at radius 3 is 2.68 bits per heavy atom. The minimum atomic E-state index is -1.50. The van der Waals surface area contributed by atoms with Crippen LogP contribution in [-0.4, -0.2) is 70.1 Å². The van der Waals surface area contributed by atoms with Crippen molar-refractivity contribution in [3.8, 4) is 0 Å². The molecule has 5 fully saturated rings. The van der Waals surface area contributed by atoms with Crippen LogP contribution in [0.4, 0.5) is 0 Å². The molecule has 3 saturated heterocycles. The molecule has 28 heavy (non-hydrogen) atoms. The van der Waals surface area contributed by atoms with Gasteiger partial charge in [0.2, 0.25) is 0 Å². The lowest BCUT2D eigenvalue weighted by atomic mass is 9.44. The number of esters is 1. The van der Waals surface area contributed by atoms with Crippen molar-refractivity contribution in [1.82, 2.24) is 0 Å². The molecule has 152 valence electrons. The number of hydrogen-bond acceptors (Lipinski definition) is 7. The van der Waals surface area contributed by atoms with E-state index in [0.717, 1.165) is 17.6 Å². The Balaban J connectivity index is 1.42. The van der Waals surface area contributed by atoms with Crippen LogP contribution in [0.2, 0.25) is 0 Å². The third-order valence-corrected chi connectivity index (χ3v) is 9.62. The van der Waals surface area contributed by atoms with Crippen LogP contribution in [0.3, 0.4) is 0 Å². The number of fused-ring (bicyclic) bond motifs is 4. The third-order valence-electron chi connectivity index (χ3n) is 9.62. The molecule has 7 rings (SSSR count). The molecule has 7 nitrogen and oxygen atoms in total. The summed E-state index contributed by atoms with van der Waals surface area (Å²) in [4.78, 5) is 12.1. The second-order valence-electron chi connectivity index (χ2n) is 10.4. The number of cyclic esters (lactones) is 1. The van der Waals surface area contributed by atoms with Gasteiger partial charge in [0.1, 0.15) is 30.0 Å². The summed E-state index contributed by atoms with van der Waals surface area (Å²) in [6, 6.07) is 0. The summed E-state index contributed by atoms with van der Waals surface area (Å²) >= 11 is 0. The lowest BCUT2D eigenvalue weighted by Crippen LogP contribution is -2.76. The van der Waals surface area contributed by atoms with Gasteiger partial charge in [0, 0.05) is 11.0 Å². The van der Waals surface area contributed by atoms with Crippen molar-refractivity contribution in [1.29, 1.82) is 0 Å². The second kappa shape index (κ2) is 4.23. The molecule has 4 heterocycles. The molecule has 0 aromatic rings. The Hall–Kier alpha value is -0.990. The summed E-state index contributed by atoms with van der Waals surface area (Å²) in [5, 5.41) is 22.4. The molecule has 9 atom stereocenters. The van der Waals surface area contributed by atoms with Crippen LogP contribution in [0.5, 0.6) is 0 Å². The number of rotatable bonds is 2. The summed E-state index contributed by atoms with van der Waals surface area (Å²) < 4.78 is 24.4. The highest BCUT2D eigenvalue weighted by Gasteiger charge is 3.04. The molecule has 2 N–H and O–H groups in total. The molecule has 0 aromatic carbocycles. The Morgan fingerprint density at radius 2 is 1.96 bits per heavy atom. The number of epoxide rings is 3. The lowest BCUT2D eigenvalue weighted by molar-refractivity contribution is -0.185. The summed E-state index contributed by atoms with van der Waals surface area (Å²) in [7, 11) is 0. The summed E-state index contributed by atoms with van der Waals surface area (Å²) in [6.45, 7) is 6.21. The lowest BCUT2D eigenvalue weighted by Gasteiger charge is -2.56. The maximum absolute atomic E-state index is 12.1. The van der Waals surface area contributed by atoms with Crippen molar-refractivity contribution in [3.05, 3.63) is 11.1 Å². The minimum absolute atomic E-state index is 0.0307.